The Kier molecular flexibility index (Phi) is 2.25. The van der Waals surface area contributed by atoms with Gasteiger partial charge in [-0.2, -0.15) is 0 Å². The van der Waals surface area contributed by atoms with Gasteiger partial charge in [0.15, 0.2) is 0 Å². The third kappa shape index (κ3) is 1.80. The van der Waals surface area contributed by atoms with Gasteiger partial charge in [-0.3, -0.25) is 0 Å². The van der Waals surface area contributed by atoms with E-state index in [1.807, 2.05) is 6.07 Å². The molecule has 1 aromatic rings. The third-order valence-electron chi connectivity index (χ3n) is 1.21. The zero-order valence-electron chi connectivity index (χ0n) is 5.39. The molecule has 4 radical (unpaired) electrons. The van der Waals surface area contributed by atoms with E-state index in [-0.39, 0.29) is 0 Å². The normalized spacial score (nSPS) is 10.1. The van der Waals surface area contributed by atoms with Crippen molar-refractivity contribution in [1.29, 1.82) is 0 Å². The predicted octanol–water partition coefficient (Wildman–Crippen LogP) is 0.683. The van der Waals surface area contributed by atoms with Gasteiger partial charge in [-0.15, -0.1) is 0 Å². The minimum Gasteiger partial charge on any atom is -0.0696 e. The fourth-order valence-electron chi connectivity index (χ4n) is 0.688. The van der Waals surface area contributed by atoms with Crippen molar-refractivity contribution in [2.45, 2.75) is 6.55 Å². The van der Waals surface area contributed by atoms with E-state index < -0.39 is 8.31 Å². The first-order valence-electron chi connectivity index (χ1n) is 2.91. The van der Waals surface area contributed by atoms with E-state index >= 15 is 0 Å². The molecule has 0 unspecified atom stereocenters. The maximum Gasteiger partial charge on any atom is 0.0644 e. The van der Waals surface area contributed by atoms with Crippen LogP contribution in [0.3, 0.4) is 0 Å². The van der Waals surface area contributed by atoms with Gasteiger partial charge in [-0.25, -0.2) is 0 Å². The summed E-state index contributed by atoms with van der Waals surface area (Å²) in [4.78, 5) is 0. The van der Waals surface area contributed by atoms with Crippen molar-refractivity contribution in [2.24, 2.45) is 0 Å². The van der Waals surface area contributed by atoms with Crippen LogP contribution >= 0.6 is 0 Å². The summed E-state index contributed by atoms with van der Waals surface area (Å²) in [5.74, 6) is 0. The van der Waals surface area contributed by atoms with Crippen LogP contribution in [0.5, 0.6) is 0 Å². The largest absolute Gasteiger partial charge is 0.0696 e. The molecule has 0 spiro atoms. The Morgan fingerprint density at radius 3 is 2.11 bits per heavy atom. The molecule has 9 heavy (non-hydrogen) atoms. The molecule has 44 valence electrons. The summed E-state index contributed by atoms with van der Waals surface area (Å²) in [5.41, 5.74) is 0. The Hall–Kier alpha value is -0.346. The smallest absolute Gasteiger partial charge is 0.0644 e. The number of hydrogen-bond acceptors (Lipinski definition) is 0. The van der Waals surface area contributed by atoms with Gasteiger partial charge in [0, 0.05) is 9.76 Å². The highest BCUT2D eigenvalue weighted by Crippen LogP contribution is 1.83. The van der Waals surface area contributed by atoms with Gasteiger partial charge in [-0.1, -0.05) is 42.1 Å². The van der Waals surface area contributed by atoms with Crippen LogP contribution in [0.4, 0.5) is 0 Å². The highest BCUT2D eigenvalue weighted by Gasteiger charge is 1.96. The molecule has 0 aromatic heterocycles. The van der Waals surface area contributed by atoms with Crippen molar-refractivity contribution in [2.75, 3.05) is 0 Å². The van der Waals surface area contributed by atoms with Crippen LogP contribution in [-0.2, 0) is 0 Å². The maximum atomic E-state index is 3.63. The topological polar surface area (TPSA) is 0 Å². The van der Waals surface area contributed by atoms with Crippen LogP contribution < -0.4 is 5.19 Å². The van der Waals surface area contributed by atoms with Crippen LogP contribution in [0.15, 0.2) is 30.3 Å². The van der Waals surface area contributed by atoms with Crippen molar-refractivity contribution >= 4 is 23.3 Å². The summed E-state index contributed by atoms with van der Waals surface area (Å²) in [6.45, 7) is 2.22. The van der Waals surface area contributed by atoms with Crippen LogP contribution in [0.25, 0.3) is 0 Å². The molecule has 0 aliphatic carbocycles. The zero-order valence-corrected chi connectivity index (χ0v) is 7.39. The quantitative estimate of drug-likeness (QED) is 0.514. The van der Waals surface area contributed by atoms with Crippen molar-refractivity contribution in [3.63, 3.8) is 0 Å². The van der Waals surface area contributed by atoms with Crippen molar-refractivity contribution < 1.29 is 0 Å². The van der Waals surface area contributed by atoms with E-state index in [0.29, 0.717) is 0 Å². The van der Waals surface area contributed by atoms with E-state index in [9.17, 15) is 0 Å². The summed E-state index contributed by atoms with van der Waals surface area (Å²) < 4.78 is 0. The summed E-state index contributed by atoms with van der Waals surface area (Å²) in [6.07, 6.45) is 0. The second-order valence-electron chi connectivity index (χ2n) is 1.99. The SMILES string of the molecule is C[Si]([Si])c1ccccc1. The van der Waals surface area contributed by atoms with Gasteiger partial charge in [-0.05, 0) is 0 Å². The third-order valence-corrected chi connectivity index (χ3v) is 3.27. The number of hydrogen-bond donors (Lipinski definition) is 0. The first kappa shape index (κ1) is 6.77. The minimum absolute atomic E-state index is 0.407. The van der Waals surface area contributed by atoms with E-state index in [1.165, 1.54) is 5.19 Å². The van der Waals surface area contributed by atoms with E-state index in [4.69, 9.17) is 0 Å². The molecule has 1 aromatic carbocycles. The van der Waals surface area contributed by atoms with Crippen LogP contribution in [0, 0.1) is 0 Å². The van der Waals surface area contributed by atoms with Gasteiger partial charge in [0.2, 0.25) is 0 Å². The Bertz CT molecular complexity index is 170. The van der Waals surface area contributed by atoms with E-state index in [1.54, 1.807) is 0 Å². The molecule has 0 saturated carbocycles. The van der Waals surface area contributed by atoms with E-state index in [2.05, 4.69) is 40.6 Å². The predicted molar refractivity (Wildman–Crippen MR) is 43.4 cm³/mol. The molecule has 1 rings (SSSR count). The molecule has 0 amide bonds. The van der Waals surface area contributed by atoms with Gasteiger partial charge in [0.25, 0.3) is 0 Å². The Balaban J connectivity index is 2.85. The molecule has 0 aliphatic rings. The molecular formula is C7H8Si2. The molecule has 0 saturated heterocycles. The summed E-state index contributed by atoms with van der Waals surface area (Å²) >= 11 is 0. The summed E-state index contributed by atoms with van der Waals surface area (Å²) in [5, 5.41) is 1.43. The van der Waals surface area contributed by atoms with Crippen molar-refractivity contribution in [1.82, 2.24) is 0 Å². The Labute approximate surface area is 60.7 Å². The fourth-order valence-corrected chi connectivity index (χ4v) is 1.88. The first-order valence-corrected chi connectivity index (χ1v) is 6.41. The van der Waals surface area contributed by atoms with Crippen molar-refractivity contribution in [3.8, 4) is 0 Å². The second kappa shape index (κ2) is 2.99. The molecule has 0 fully saturated rings. The van der Waals surface area contributed by atoms with Gasteiger partial charge >= 0.3 is 0 Å². The lowest BCUT2D eigenvalue weighted by molar-refractivity contribution is 1.76. The lowest BCUT2D eigenvalue weighted by atomic mass is 10.4. The Morgan fingerprint density at radius 2 is 1.78 bits per heavy atom. The molecule has 0 heterocycles. The summed E-state index contributed by atoms with van der Waals surface area (Å²) in [7, 11) is 3.23. The zero-order chi connectivity index (χ0) is 6.69. The number of benzene rings is 1. The molecule has 0 atom stereocenters. The Morgan fingerprint density at radius 1 is 1.22 bits per heavy atom. The lowest BCUT2D eigenvalue weighted by Crippen LogP contribution is -2.26. The monoisotopic (exact) mass is 148 g/mol. The number of rotatable bonds is 1. The van der Waals surface area contributed by atoms with Crippen LogP contribution in [0.1, 0.15) is 0 Å². The minimum atomic E-state index is -0.407. The standard InChI is InChI=1S/C7H8Si2/c1-9(8)7-5-3-2-4-6-7/h2-6H,1H3. The first-order chi connectivity index (χ1) is 4.30. The average Bonchev–Trinajstić information content (AvgIpc) is 1.90. The van der Waals surface area contributed by atoms with Crippen LogP contribution in [-0.4, -0.2) is 18.1 Å². The molecule has 0 bridgehead atoms. The second-order valence-corrected chi connectivity index (χ2v) is 6.07. The molecule has 0 aliphatic heterocycles. The highest BCUT2D eigenvalue weighted by atomic mass is 29.1. The van der Waals surface area contributed by atoms with Crippen molar-refractivity contribution in [3.05, 3.63) is 30.3 Å². The van der Waals surface area contributed by atoms with Gasteiger partial charge in [0.1, 0.15) is 0 Å². The van der Waals surface area contributed by atoms with E-state index in [0.717, 1.165) is 0 Å². The highest BCUT2D eigenvalue weighted by molar-refractivity contribution is 7.10. The molecule has 2 heteroatoms. The van der Waals surface area contributed by atoms with Crippen LogP contribution in [0.2, 0.25) is 6.55 Å². The maximum absolute atomic E-state index is 3.63. The molecule has 0 nitrogen and oxygen atoms in total. The van der Waals surface area contributed by atoms with Gasteiger partial charge < -0.3 is 0 Å². The average molecular weight is 148 g/mol. The fraction of sp³-hybridized carbons (Fsp3) is 0.143. The lowest BCUT2D eigenvalue weighted by Gasteiger charge is -1.99. The summed E-state index contributed by atoms with van der Waals surface area (Å²) in [6, 6.07) is 10.5. The molecular weight excluding hydrogens is 140 g/mol. The van der Waals surface area contributed by atoms with Gasteiger partial charge in [0.05, 0.1) is 8.31 Å². The molecule has 0 N–H and O–H groups in total.